The quantitative estimate of drug-likeness (QED) is 0.799. The average Bonchev–Trinajstić information content (AvgIpc) is 2.67. The Hall–Kier alpha value is -2.57. The summed E-state index contributed by atoms with van der Waals surface area (Å²) in [5.74, 6) is -0.0467. The number of benzene rings is 1. The minimum atomic E-state index is -0.131. The maximum absolute atomic E-state index is 12.4. The number of hydrogen-bond acceptors (Lipinski definition) is 3. The third kappa shape index (κ3) is 5.98. The van der Waals surface area contributed by atoms with Crippen molar-refractivity contribution in [3.05, 3.63) is 35.4 Å². The van der Waals surface area contributed by atoms with Crippen molar-refractivity contribution in [2.24, 2.45) is 0 Å². The van der Waals surface area contributed by atoms with Crippen LogP contribution in [0.3, 0.4) is 0 Å². The Morgan fingerprint density at radius 2 is 1.81 bits per heavy atom. The van der Waals surface area contributed by atoms with E-state index in [-0.39, 0.29) is 23.9 Å². The summed E-state index contributed by atoms with van der Waals surface area (Å²) < 4.78 is 0. The first-order chi connectivity index (χ1) is 12.9. The molecule has 148 valence electrons. The number of nitrogens with one attached hydrogen (secondary N) is 2. The van der Waals surface area contributed by atoms with Crippen LogP contribution in [0.25, 0.3) is 0 Å². The van der Waals surface area contributed by atoms with E-state index in [1.54, 1.807) is 21.9 Å². The molecule has 0 bridgehead atoms. The van der Waals surface area contributed by atoms with E-state index in [4.69, 9.17) is 0 Å². The standard InChI is InChI=1S/C20H30N4O3/c1-4-23(5-2)19(26)17-10-8-16(9-11-17)13-21-20(27)24-12-6-7-18(14-24)22-15(3)25/h8-11,18H,4-7,12-14H2,1-3H3,(H,21,27)(H,22,25). The van der Waals surface area contributed by atoms with Crippen molar-refractivity contribution in [2.75, 3.05) is 26.2 Å². The normalized spacial score (nSPS) is 16.6. The molecule has 1 atom stereocenters. The highest BCUT2D eigenvalue weighted by molar-refractivity contribution is 5.94. The van der Waals surface area contributed by atoms with Gasteiger partial charge in [-0.25, -0.2) is 4.79 Å². The molecule has 1 saturated heterocycles. The van der Waals surface area contributed by atoms with E-state index in [2.05, 4.69) is 10.6 Å². The molecule has 0 aromatic heterocycles. The molecule has 0 aliphatic carbocycles. The van der Waals surface area contributed by atoms with E-state index >= 15 is 0 Å². The first-order valence-corrected chi connectivity index (χ1v) is 9.62. The molecule has 7 nitrogen and oxygen atoms in total. The predicted octanol–water partition coefficient (Wildman–Crippen LogP) is 1.98. The number of likely N-dealkylation sites (tertiary alicyclic amines) is 1. The number of urea groups is 1. The second kappa shape index (κ2) is 9.94. The Balaban J connectivity index is 1.86. The molecule has 0 saturated carbocycles. The Morgan fingerprint density at radius 1 is 1.15 bits per heavy atom. The minimum absolute atomic E-state index is 0.0207. The molecule has 0 spiro atoms. The number of piperidine rings is 1. The molecule has 7 heteroatoms. The average molecular weight is 374 g/mol. The molecule has 2 N–H and O–H groups in total. The van der Waals surface area contributed by atoms with Crippen LogP contribution in [-0.2, 0) is 11.3 Å². The Bertz CT molecular complexity index is 656. The van der Waals surface area contributed by atoms with E-state index in [1.807, 2.05) is 26.0 Å². The van der Waals surface area contributed by atoms with Gasteiger partial charge in [0.05, 0.1) is 0 Å². The van der Waals surface area contributed by atoms with Crippen molar-refractivity contribution >= 4 is 17.8 Å². The predicted molar refractivity (Wildman–Crippen MR) is 104 cm³/mol. The fourth-order valence-corrected chi connectivity index (χ4v) is 3.31. The Morgan fingerprint density at radius 3 is 2.41 bits per heavy atom. The van der Waals surface area contributed by atoms with Crippen molar-refractivity contribution in [3.8, 4) is 0 Å². The van der Waals surface area contributed by atoms with Crippen LogP contribution in [0.2, 0.25) is 0 Å². The highest BCUT2D eigenvalue weighted by Crippen LogP contribution is 2.11. The van der Waals surface area contributed by atoms with Crippen molar-refractivity contribution in [1.29, 1.82) is 0 Å². The van der Waals surface area contributed by atoms with Gasteiger partial charge in [0.25, 0.3) is 5.91 Å². The van der Waals surface area contributed by atoms with Crippen molar-refractivity contribution in [3.63, 3.8) is 0 Å². The minimum Gasteiger partial charge on any atom is -0.352 e. The zero-order chi connectivity index (χ0) is 19.8. The van der Waals surface area contributed by atoms with Gasteiger partial charge in [-0.15, -0.1) is 0 Å². The summed E-state index contributed by atoms with van der Waals surface area (Å²) in [5.41, 5.74) is 1.60. The molecule has 4 amide bonds. The monoisotopic (exact) mass is 374 g/mol. The third-order valence-electron chi connectivity index (χ3n) is 4.81. The van der Waals surface area contributed by atoms with E-state index in [0.29, 0.717) is 38.3 Å². The lowest BCUT2D eigenvalue weighted by Crippen LogP contribution is -2.51. The summed E-state index contributed by atoms with van der Waals surface area (Å²) in [5, 5.41) is 5.79. The van der Waals surface area contributed by atoms with Crippen LogP contribution >= 0.6 is 0 Å². The maximum atomic E-state index is 12.4. The molecule has 0 radical (unpaired) electrons. The largest absolute Gasteiger partial charge is 0.352 e. The summed E-state index contributed by atoms with van der Waals surface area (Å²) in [7, 11) is 0. The van der Waals surface area contributed by atoms with Crippen LogP contribution in [0.15, 0.2) is 24.3 Å². The molecule has 1 unspecified atom stereocenters. The molecule has 1 aliphatic heterocycles. The first kappa shape index (κ1) is 20.7. The molecule has 1 aromatic carbocycles. The number of carbonyl (C=O) groups excluding carboxylic acids is 3. The third-order valence-corrected chi connectivity index (χ3v) is 4.81. The van der Waals surface area contributed by atoms with E-state index in [0.717, 1.165) is 18.4 Å². The smallest absolute Gasteiger partial charge is 0.317 e. The van der Waals surface area contributed by atoms with Gasteiger partial charge in [0, 0.05) is 51.3 Å². The Labute approximate surface area is 161 Å². The van der Waals surface area contributed by atoms with E-state index < -0.39 is 0 Å². The van der Waals surface area contributed by atoms with E-state index in [1.165, 1.54) is 6.92 Å². The second-order valence-corrected chi connectivity index (χ2v) is 6.82. The summed E-state index contributed by atoms with van der Waals surface area (Å²) >= 11 is 0. The highest BCUT2D eigenvalue weighted by Gasteiger charge is 2.23. The molecular weight excluding hydrogens is 344 g/mol. The van der Waals surface area contributed by atoms with Gasteiger partial charge in [-0.1, -0.05) is 12.1 Å². The van der Waals surface area contributed by atoms with Crippen molar-refractivity contribution in [1.82, 2.24) is 20.4 Å². The van der Waals surface area contributed by atoms with Gasteiger partial charge in [-0.2, -0.15) is 0 Å². The van der Waals surface area contributed by atoms with Gasteiger partial charge in [0.1, 0.15) is 0 Å². The summed E-state index contributed by atoms with van der Waals surface area (Å²) in [6, 6.07) is 7.23. The van der Waals surface area contributed by atoms with Crippen LogP contribution < -0.4 is 10.6 Å². The maximum Gasteiger partial charge on any atom is 0.317 e. The van der Waals surface area contributed by atoms with Crippen LogP contribution in [-0.4, -0.2) is 59.9 Å². The Kier molecular flexibility index (Phi) is 7.64. The zero-order valence-electron chi connectivity index (χ0n) is 16.5. The fourth-order valence-electron chi connectivity index (χ4n) is 3.31. The summed E-state index contributed by atoms with van der Waals surface area (Å²) in [4.78, 5) is 39.4. The van der Waals surface area contributed by atoms with Crippen LogP contribution in [0, 0.1) is 0 Å². The highest BCUT2D eigenvalue weighted by atomic mass is 16.2. The summed E-state index contributed by atoms with van der Waals surface area (Å²) in [6.45, 7) is 8.41. The first-order valence-electron chi connectivity index (χ1n) is 9.62. The second-order valence-electron chi connectivity index (χ2n) is 6.82. The van der Waals surface area contributed by atoms with Gasteiger partial charge < -0.3 is 20.4 Å². The van der Waals surface area contributed by atoms with Gasteiger partial charge >= 0.3 is 6.03 Å². The van der Waals surface area contributed by atoms with Crippen LogP contribution in [0.5, 0.6) is 0 Å². The molecular formula is C20H30N4O3. The number of rotatable bonds is 6. The van der Waals surface area contributed by atoms with Crippen molar-refractivity contribution in [2.45, 2.75) is 46.2 Å². The van der Waals surface area contributed by atoms with Gasteiger partial charge in [0.2, 0.25) is 5.91 Å². The summed E-state index contributed by atoms with van der Waals surface area (Å²) in [6.07, 6.45) is 1.77. The number of hydrogen-bond donors (Lipinski definition) is 2. The van der Waals surface area contributed by atoms with Crippen LogP contribution in [0.4, 0.5) is 4.79 Å². The lowest BCUT2D eigenvalue weighted by molar-refractivity contribution is -0.119. The van der Waals surface area contributed by atoms with Gasteiger partial charge in [0.15, 0.2) is 0 Å². The number of amides is 4. The zero-order valence-corrected chi connectivity index (χ0v) is 16.5. The topological polar surface area (TPSA) is 81.8 Å². The lowest BCUT2D eigenvalue weighted by Gasteiger charge is -2.33. The molecule has 1 heterocycles. The number of carbonyl (C=O) groups is 3. The molecule has 1 fully saturated rings. The molecule has 1 aromatic rings. The molecule has 1 aliphatic rings. The van der Waals surface area contributed by atoms with E-state index in [9.17, 15) is 14.4 Å². The van der Waals surface area contributed by atoms with Crippen LogP contribution in [0.1, 0.15) is 49.5 Å². The molecule has 2 rings (SSSR count). The fraction of sp³-hybridized carbons (Fsp3) is 0.550. The van der Waals surface area contributed by atoms with Gasteiger partial charge in [-0.3, -0.25) is 9.59 Å². The lowest BCUT2D eigenvalue weighted by atomic mass is 10.1. The molecule has 27 heavy (non-hydrogen) atoms. The SMILES string of the molecule is CCN(CC)C(=O)c1ccc(CNC(=O)N2CCCC(NC(C)=O)C2)cc1. The van der Waals surface area contributed by atoms with Crippen molar-refractivity contribution < 1.29 is 14.4 Å². The number of nitrogens with zero attached hydrogens (tertiary/aromatic N) is 2. The van der Waals surface area contributed by atoms with Gasteiger partial charge in [-0.05, 0) is 44.4 Å².